The normalized spacial score (nSPS) is 15.9. The average Bonchev–Trinajstić information content (AvgIpc) is 3.13. The Morgan fingerprint density at radius 2 is 2.14 bits per heavy atom. The van der Waals surface area contributed by atoms with E-state index in [9.17, 15) is 0 Å². The Hall–Kier alpha value is -2.74. The topological polar surface area (TPSA) is 71.3 Å². The fraction of sp³-hybridized carbons (Fsp3) is 0.286. The summed E-state index contributed by atoms with van der Waals surface area (Å²) >= 11 is 6.22. The number of methoxy groups -OCH3 is 1. The molecular formula is C21H23ClN4O3. The lowest BCUT2D eigenvalue weighted by Gasteiger charge is -2.35. The van der Waals surface area contributed by atoms with Crippen molar-refractivity contribution in [1.29, 1.82) is 0 Å². The number of fused-ring (bicyclic) bond motifs is 2. The van der Waals surface area contributed by atoms with Crippen molar-refractivity contribution in [2.75, 3.05) is 31.1 Å². The minimum Gasteiger partial charge on any atom is -0.497 e. The van der Waals surface area contributed by atoms with Gasteiger partial charge in [-0.15, -0.1) is 0 Å². The first-order valence-electron chi connectivity index (χ1n) is 9.43. The maximum Gasteiger partial charge on any atom is 0.243 e. The van der Waals surface area contributed by atoms with Gasteiger partial charge < -0.3 is 19.2 Å². The minimum atomic E-state index is -0.511. The molecular weight excluding hydrogens is 392 g/mol. The number of nitrogens with zero attached hydrogens (tertiary/aromatic N) is 2. The summed E-state index contributed by atoms with van der Waals surface area (Å²) in [6, 6.07) is 11.6. The van der Waals surface area contributed by atoms with Crippen molar-refractivity contribution in [3.63, 3.8) is 0 Å². The third-order valence-electron chi connectivity index (χ3n) is 4.70. The second-order valence-electron chi connectivity index (χ2n) is 6.54. The van der Waals surface area contributed by atoms with Crippen LogP contribution in [0.5, 0.6) is 5.75 Å². The van der Waals surface area contributed by atoms with E-state index >= 15 is 0 Å². The zero-order chi connectivity index (χ0) is 20.4. The van der Waals surface area contributed by atoms with Crippen molar-refractivity contribution in [3.05, 3.63) is 53.2 Å². The Morgan fingerprint density at radius 3 is 2.90 bits per heavy atom. The van der Waals surface area contributed by atoms with E-state index in [4.69, 9.17) is 30.5 Å². The molecule has 1 unspecified atom stereocenters. The molecule has 3 aromatic rings. The third-order valence-corrected chi connectivity index (χ3v) is 4.99. The highest BCUT2D eigenvalue weighted by molar-refractivity contribution is 6.35. The number of hydrogen-bond donors (Lipinski definition) is 2. The lowest BCUT2D eigenvalue weighted by molar-refractivity contribution is 0.0505. The number of benzene rings is 2. The second kappa shape index (κ2) is 8.32. The number of hydrazine groups is 1. The molecule has 0 aliphatic carbocycles. The van der Waals surface area contributed by atoms with E-state index in [1.807, 2.05) is 48.5 Å². The van der Waals surface area contributed by atoms with E-state index in [0.717, 1.165) is 34.5 Å². The minimum absolute atomic E-state index is 0.511. The lowest BCUT2D eigenvalue weighted by Crippen LogP contribution is -2.48. The number of para-hydroxylation sites is 1. The number of nitrogens with one attached hydrogen (secondary N) is 2. The van der Waals surface area contributed by atoms with E-state index in [2.05, 4.69) is 17.7 Å². The van der Waals surface area contributed by atoms with Gasteiger partial charge in [0.2, 0.25) is 6.35 Å². The number of ether oxygens (including phenoxy) is 2. The van der Waals surface area contributed by atoms with Crippen LogP contribution in [-0.2, 0) is 4.74 Å². The zero-order valence-corrected chi connectivity index (χ0v) is 17.3. The Bertz CT molecular complexity index is 1050. The van der Waals surface area contributed by atoms with Gasteiger partial charge in [-0.25, -0.2) is 10.4 Å². The molecule has 2 N–H and O–H groups in total. The molecule has 0 radical (unpaired) electrons. The number of aliphatic imine (C=N–C) groups is 1. The van der Waals surface area contributed by atoms with Crippen LogP contribution < -0.4 is 20.5 Å². The number of furan rings is 1. The summed E-state index contributed by atoms with van der Waals surface area (Å²) in [6.07, 6.45) is 1.92. The van der Waals surface area contributed by atoms with Gasteiger partial charge in [0.15, 0.2) is 5.58 Å². The van der Waals surface area contributed by atoms with E-state index in [1.165, 1.54) is 6.26 Å². The summed E-state index contributed by atoms with van der Waals surface area (Å²) in [5, 5.41) is 6.71. The van der Waals surface area contributed by atoms with E-state index < -0.39 is 6.35 Å². The molecule has 7 nitrogen and oxygen atoms in total. The maximum atomic E-state index is 6.22. The van der Waals surface area contributed by atoms with Crippen LogP contribution >= 0.6 is 11.6 Å². The number of amidine groups is 1. The smallest absolute Gasteiger partial charge is 0.243 e. The first kappa shape index (κ1) is 19.6. The highest BCUT2D eigenvalue weighted by Crippen LogP contribution is 2.34. The number of hydrogen-bond acceptors (Lipinski definition) is 7. The largest absolute Gasteiger partial charge is 0.497 e. The van der Waals surface area contributed by atoms with Gasteiger partial charge in [0, 0.05) is 18.0 Å². The molecule has 2 aromatic carbocycles. The monoisotopic (exact) mass is 414 g/mol. The van der Waals surface area contributed by atoms with Gasteiger partial charge in [0.25, 0.3) is 0 Å². The van der Waals surface area contributed by atoms with E-state index in [1.54, 1.807) is 7.11 Å². The standard InChI is InChI=1S/C21H23ClN4O3/c1-4-10-28-21-25-20(15-11-13(27-3)8-9-18(15)26(21)23-2)24-17-7-5-6-14-16(22)12-29-19(14)17/h5-9,11-12,21,23H,4,10H2,1-3H3,(H,24,25). The quantitative estimate of drug-likeness (QED) is 0.613. The van der Waals surface area contributed by atoms with Crippen LogP contribution in [0.1, 0.15) is 18.9 Å². The summed E-state index contributed by atoms with van der Waals surface area (Å²) < 4.78 is 17.1. The third kappa shape index (κ3) is 3.64. The molecule has 1 aliphatic heterocycles. The zero-order valence-electron chi connectivity index (χ0n) is 16.5. The van der Waals surface area contributed by atoms with Gasteiger partial charge in [-0.05, 0) is 36.8 Å². The molecule has 0 saturated carbocycles. The molecule has 2 heterocycles. The highest BCUT2D eigenvalue weighted by Gasteiger charge is 2.29. The summed E-state index contributed by atoms with van der Waals surface area (Å²) in [5.41, 5.74) is 6.42. The molecule has 0 amide bonds. The number of halogens is 1. The van der Waals surface area contributed by atoms with E-state index in [0.29, 0.717) is 23.0 Å². The van der Waals surface area contributed by atoms with E-state index in [-0.39, 0.29) is 0 Å². The van der Waals surface area contributed by atoms with Crippen molar-refractivity contribution < 1.29 is 13.9 Å². The van der Waals surface area contributed by atoms with Crippen LogP contribution in [0.3, 0.4) is 0 Å². The van der Waals surface area contributed by atoms with Gasteiger partial charge in [0.05, 0.1) is 30.1 Å². The predicted octanol–water partition coefficient (Wildman–Crippen LogP) is 4.62. The Balaban J connectivity index is 1.79. The van der Waals surface area contributed by atoms with Crippen LogP contribution in [0.4, 0.5) is 11.4 Å². The summed E-state index contributed by atoms with van der Waals surface area (Å²) in [7, 11) is 3.49. The van der Waals surface area contributed by atoms with Crippen molar-refractivity contribution >= 4 is 39.8 Å². The SMILES string of the molecule is CCCOC1N=C(Nc2cccc3c(Cl)coc23)c2cc(OC)ccc2N1NC. The Kier molecular flexibility index (Phi) is 5.62. The molecule has 8 heteroatoms. The van der Waals surface area contributed by atoms with Gasteiger partial charge in [-0.1, -0.05) is 24.6 Å². The molecule has 0 spiro atoms. The highest BCUT2D eigenvalue weighted by atomic mass is 35.5. The van der Waals surface area contributed by atoms with Crippen molar-refractivity contribution in [2.45, 2.75) is 19.7 Å². The van der Waals surface area contributed by atoms with Gasteiger partial charge >= 0.3 is 0 Å². The Labute approximate surface area is 174 Å². The Morgan fingerprint density at radius 1 is 1.28 bits per heavy atom. The molecule has 1 aliphatic rings. The van der Waals surface area contributed by atoms with Crippen molar-refractivity contribution in [1.82, 2.24) is 5.43 Å². The molecule has 1 atom stereocenters. The van der Waals surface area contributed by atoms with Gasteiger partial charge in [-0.2, -0.15) is 0 Å². The molecule has 4 rings (SSSR count). The number of rotatable bonds is 6. The molecule has 0 bridgehead atoms. The second-order valence-corrected chi connectivity index (χ2v) is 6.95. The van der Waals surface area contributed by atoms with Crippen molar-refractivity contribution in [3.8, 4) is 5.75 Å². The number of anilines is 2. The predicted molar refractivity (Wildman–Crippen MR) is 116 cm³/mol. The van der Waals surface area contributed by atoms with Crippen LogP contribution in [0, 0.1) is 0 Å². The van der Waals surface area contributed by atoms with Crippen LogP contribution in [0.2, 0.25) is 5.02 Å². The van der Waals surface area contributed by atoms with Crippen LogP contribution in [0.25, 0.3) is 11.0 Å². The summed E-state index contributed by atoms with van der Waals surface area (Å²) in [6.45, 7) is 2.66. The average molecular weight is 415 g/mol. The fourth-order valence-corrected chi connectivity index (χ4v) is 3.51. The van der Waals surface area contributed by atoms with Crippen LogP contribution in [-0.4, -0.2) is 33.0 Å². The molecule has 152 valence electrons. The molecule has 0 saturated heterocycles. The first-order valence-corrected chi connectivity index (χ1v) is 9.81. The molecule has 29 heavy (non-hydrogen) atoms. The lowest BCUT2D eigenvalue weighted by atomic mass is 10.1. The van der Waals surface area contributed by atoms with Gasteiger partial charge in [0.1, 0.15) is 17.8 Å². The first-order chi connectivity index (χ1) is 14.2. The summed E-state index contributed by atoms with van der Waals surface area (Å²) in [5.74, 6) is 1.40. The summed E-state index contributed by atoms with van der Waals surface area (Å²) in [4.78, 5) is 4.81. The molecule has 0 fully saturated rings. The molecule has 1 aromatic heterocycles. The fourth-order valence-electron chi connectivity index (χ4n) is 3.32. The maximum absolute atomic E-state index is 6.22. The van der Waals surface area contributed by atoms with Crippen molar-refractivity contribution in [2.24, 2.45) is 4.99 Å². The van der Waals surface area contributed by atoms with Crippen LogP contribution in [0.15, 0.2) is 52.1 Å². The van der Waals surface area contributed by atoms with Gasteiger partial charge in [-0.3, -0.25) is 5.01 Å².